The maximum Gasteiger partial charge on any atom is 0.334 e. The van der Waals surface area contributed by atoms with Crippen LogP contribution in [-0.4, -0.2) is 81.8 Å². The van der Waals surface area contributed by atoms with Gasteiger partial charge in [-0.25, -0.2) is 14.8 Å². The fourth-order valence-electron chi connectivity index (χ4n) is 4.61. The van der Waals surface area contributed by atoms with Crippen LogP contribution < -0.4 is 5.32 Å². The Balaban J connectivity index is 1.88. The third-order valence-corrected chi connectivity index (χ3v) is 7.09. The van der Waals surface area contributed by atoms with Crippen LogP contribution in [0.1, 0.15) is 38.7 Å². The van der Waals surface area contributed by atoms with Gasteiger partial charge in [0.25, 0.3) is 0 Å². The maximum absolute atomic E-state index is 13.4. The number of nitrogens with zero attached hydrogens (tertiary/aromatic N) is 4. The number of hydrogen-bond acceptors (Lipinski definition) is 5. The van der Waals surface area contributed by atoms with Crippen molar-refractivity contribution in [1.82, 2.24) is 25.1 Å². The molecule has 1 aromatic rings. The third-order valence-electron chi connectivity index (χ3n) is 6.23. The molecule has 3 rings (SSSR count). The van der Waals surface area contributed by atoms with Crippen LogP contribution in [0.25, 0.3) is 0 Å². The van der Waals surface area contributed by atoms with Crippen molar-refractivity contribution in [2.75, 3.05) is 25.9 Å². The Morgan fingerprint density at radius 2 is 1.91 bits per heavy atom. The number of hydrogen-bond donors (Lipinski definition) is 1. The van der Waals surface area contributed by atoms with Crippen LogP contribution in [0.4, 0.5) is 4.79 Å². The first kappa shape index (κ1) is 24.7. The highest BCUT2D eigenvalue weighted by molar-refractivity contribution is 8.21. The zero-order valence-electron chi connectivity index (χ0n) is 18.9. The Bertz CT molecular complexity index is 810. The van der Waals surface area contributed by atoms with Gasteiger partial charge in [0.1, 0.15) is 12.2 Å². The monoisotopic (exact) mass is 481 g/mol. The smallest absolute Gasteiger partial charge is 0.334 e. The van der Waals surface area contributed by atoms with Crippen LogP contribution in [0.5, 0.6) is 0 Å². The Hall–Kier alpha value is -1.97. The third kappa shape index (κ3) is 5.15. The Morgan fingerprint density at radius 3 is 2.53 bits per heavy atom. The van der Waals surface area contributed by atoms with Crippen LogP contribution in [0.2, 0.25) is 0 Å². The minimum absolute atomic E-state index is 0.0397. The number of carbonyl (C=O) groups is 3. The number of fused-ring (bicyclic) bond motifs is 1. The molecule has 1 aromatic carbocycles. The van der Waals surface area contributed by atoms with Gasteiger partial charge in [0, 0.05) is 25.4 Å². The lowest BCUT2D eigenvalue weighted by Crippen LogP contribution is -2.76. The molecule has 2 heterocycles. The molecular weight excluding hydrogens is 450 g/mol. The van der Waals surface area contributed by atoms with Gasteiger partial charge in [0.15, 0.2) is 0 Å². The second-order valence-electron chi connectivity index (χ2n) is 8.16. The second kappa shape index (κ2) is 11.2. The molecule has 2 saturated heterocycles. The standard InChI is InChI=1S/C22H32ClN5O3S/c1-4-17(5-2)26-14-19-27(18(21(26)30)11-12-32-23)20(29)15-25(3)28(19)22(31)24-13-16-9-7-6-8-10-16/h6-10,17-19H,4-5,11-15H2,1-3H3,(H,24,31)/t18-,19-/m0/s1. The van der Waals surface area contributed by atoms with E-state index >= 15 is 0 Å². The molecule has 2 atom stereocenters. The van der Waals surface area contributed by atoms with Crippen LogP contribution in [0.3, 0.4) is 0 Å². The van der Waals surface area contributed by atoms with E-state index in [9.17, 15) is 14.4 Å². The summed E-state index contributed by atoms with van der Waals surface area (Å²) in [6.07, 6.45) is 1.53. The highest BCUT2D eigenvalue weighted by atomic mass is 35.7. The number of hydrazine groups is 1. The van der Waals surface area contributed by atoms with E-state index in [4.69, 9.17) is 10.7 Å². The molecular formula is C22H32ClN5O3S. The quantitative estimate of drug-likeness (QED) is 0.617. The molecule has 176 valence electrons. The predicted octanol–water partition coefficient (Wildman–Crippen LogP) is 2.89. The Labute approximate surface area is 198 Å². The van der Waals surface area contributed by atoms with Crippen molar-refractivity contribution in [2.24, 2.45) is 0 Å². The molecule has 32 heavy (non-hydrogen) atoms. The lowest BCUT2D eigenvalue weighted by molar-refractivity contribution is -0.189. The molecule has 1 N–H and O–H groups in total. The lowest BCUT2D eigenvalue weighted by atomic mass is 10.0. The largest absolute Gasteiger partial charge is 0.334 e. The zero-order chi connectivity index (χ0) is 23.3. The molecule has 0 spiro atoms. The molecule has 0 bridgehead atoms. The van der Waals surface area contributed by atoms with Crippen LogP contribution >= 0.6 is 21.7 Å². The van der Waals surface area contributed by atoms with Crippen LogP contribution in [0, 0.1) is 0 Å². The van der Waals surface area contributed by atoms with Gasteiger partial charge in [-0.2, -0.15) is 0 Å². The van der Waals surface area contributed by atoms with Crippen LogP contribution in [-0.2, 0) is 16.1 Å². The Morgan fingerprint density at radius 1 is 1.22 bits per heavy atom. The van der Waals surface area contributed by atoms with E-state index in [1.54, 1.807) is 22.0 Å². The minimum Gasteiger partial charge on any atom is -0.334 e. The lowest BCUT2D eigenvalue weighted by Gasteiger charge is -2.55. The molecule has 0 aliphatic carbocycles. The summed E-state index contributed by atoms with van der Waals surface area (Å²) in [6, 6.07) is 8.83. The molecule has 0 saturated carbocycles. The van der Waals surface area contributed by atoms with Crippen molar-refractivity contribution in [3.05, 3.63) is 35.9 Å². The minimum atomic E-state index is -0.619. The summed E-state index contributed by atoms with van der Waals surface area (Å²) in [6.45, 7) is 4.83. The molecule has 10 heteroatoms. The van der Waals surface area contributed by atoms with E-state index in [0.717, 1.165) is 29.4 Å². The summed E-state index contributed by atoms with van der Waals surface area (Å²) in [7, 11) is 8.71. The number of amides is 4. The van der Waals surface area contributed by atoms with Gasteiger partial charge in [-0.3, -0.25) is 9.59 Å². The molecule has 0 radical (unpaired) electrons. The van der Waals surface area contributed by atoms with Crippen LogP contribution in [0.15, 0.2) is 30.3 Å². The van der Waals surface area contributed by atoms with E-state index in [2.05, 4.69) is 19.2 Å². The van der Waals surface area contributed by atoms with E-state index in [-0.39, 0.29) is 30.4 Å². The number of benzene rings is 1. The first-order chi connectivity index (χ1) is 15.4. The van der Waals surface area contributed by atoms with Crippen molar-refractivity contribution < 1.29 is 14.4 Å². The van der Waals surface area contributed by atoms with E-state index < -0.39 is 12.2 Å². The normalized spacial score (nSPS) is 21.8. The molecule has 8 nitrogen and oxygen atoms in total. The van der Waals surface area contributed by atoms with Gasteiger partial charge >= 0.3 is 6.03 Å². The predicted molar refractivity (Wildman–Crippen MR) is 127 cm³/mol. The topological polar surface area (TPSA) is 76.2 Å². The highest BCUT2D eigenvalue weighted by Crippen LogP contribution is 2.30. The van der Waals surface area contributed by atoms with E-state index in [0.29, 0.717) is 25.3 Å². The highest BCUT2D eigenvalue weighted by Gasteiger charge is 2.51. The van der Waals surface area contributed by atoms with E-state index in [1.807, 2.05) is 35.2 Å². The first-order valence-corrected chi connectivity index (χ1v) is 12.9. The fourth-order valence-corrected chi connectivity index (χ4v) is 5.19. The van der Waals surface area contributed by atoms with Crippen molar-refractivity contribution in [3.8, 4) is 0 Å². The summed E-state index contributed by atoms with van der Waals surface area (Å²) in [5.41, 5.74) is 0.989. The van der Waals surface area contributed by atoms with Gasteiger partial charge in [0.05, 0.1) is 13.1 Å². The van der Waals surface area contributed by atoms with Gasteiger partial charge in [-0.1, -0.05) is 55.2 Å². The zero-order valence-corrected chi connectivity index (χ0v) is 20.4. The summed E-state index contributed by atoms with van der Waals surface area (Å²) in [5, 5.41) is 6.21. The molecule has 2 fully saturated rings. The van der Waals surface area contributed by atoms with Gasteiger partial charge in [-0.15, -0.1) is 0 Å². The SMILES string of the molecule is CCC(CC)N1C[C@H]2N(C(=O)CN(C)N2C(=O)NCc2ccccc2)[C@@H](CCSCl)C1=O. The second-order valence-corrected chi connectivity index (χ2v) is 9.45. The van der Waals surface area contributed by atoms with E-state index in [1.165, 1.54) is 0 Å². The number of urea groups is 1. The summed E-state index contributed by atoms with van der Waals surface area (Å²) in [5.74, 6) is 0.344. The number of piperazine rings is 1. The molecule has 2 aliphatic heterocycles. The van der Waals surface area contributed by atoms with Crippen molar-refractivity contribution in [2.45, 2.75) is 57.9 Å². The number of likely N-dealkylation sites (N-methyl/N-ethyl adjacent to an activating group) is 1. The summed E-state index contributed by atoms with van der Waals surface area (Å²) >= 11 is 0. The average molecular weight is 482 g/mol. The number of nitrogens with one attached hydrogen (secondary N) is 1. The average Bonchev–Trinajstić information content (AvgIpc) is 2.79. The van der Waals surface area contributed by atoms with Gasteiger partial charge in [0.2, 0.25) is 11.8 Å². The number of halogens is 1. The van der Waals surface area contributed by atoms with Crippen molar-refractivity contribution in [3.63, 3.8) is 0 Å². The van der Waals surface area contributed by atoms with Gasteiger partial charge in [-0.05, 0) is 35.5 Å². The van der Waals surface area contributed by atoms with Crippen molar-refractivity contribution >= 4 is 39.5 Å². The van der Waals surface area contributed by atoms with Crippen molar-refractivity contribution in [1.29, 1.82) is 0 Å². The first-order valence-electron chi connectivity index (χ1n) is 11.1. The fraction of sp³-hybridized carbons (Fsp3) is 0.591. The molecule has 0 unspecified atom stereocenters. The number of rotatable bonds is 8. The molecule has 4 amide bonds. The molecule has 2 aliphatic rings. The van der Waals surface area contributed by atoms with Gasteiger partial charge < -0.3 is 15.1 Å². The number of carbonyl (C=O) groups excluding carboxylic acids is 3. The Kier molecular flexibility index (Phi) is 8.67. The molecule has 0 aromatic heterocycles. The maximum atomic E-state index is 13.4. The summed E-state index contributed by atoms with van der Waals surface area (Å²) < 4.78 is 0. The summed E-state index contributed by atoms with van der Waals surface area (Å²) in [4.78, 5) is 43.2.